The Labute approximate surface area is 65.8 Å². The highest BCUT2D eigenvalue weighted by atomic mass is 28.2. The van der Waals surface area contributed by atoms with E-state index in [-0.39, 0.29) is 0 Å². The first-order valence-corrected chi connectivity index (χ1v) is 4.75. The smallest absolute Gasteiger partial charge is 0.0347 e. The van der Waals surface area contributed by atoms with Crippen LogP contribution >= 0.6 is 0 Å². The molecule has 55 valence electrons. The minimum Gasteiger partial charge on any atom is -0.0670 e. The zero-order valence-corrected chi connectivity index (χ0v) is 8.50. The van der Waals surface area contributed by atoms with Crippen LogP contribution in [-0.2, 0) is 0 Å². The Morgan fingerprint density at radius 2 is 1.60 bits per heavy atom. The molecule has 0 aromatic carbocycles. The summed E-state index contributed by atoms with van der Waals surface area (Å²) in [5, 5.41) is 2.07. The molecule has 0 unspecified atom stereocenters. The normalized spacial score (nSPS) is 23.5. The summed E-state index contributed by atoms with van der Waals surface area (Å²) in [4.78, 5) is 0. The van der Waals surface area contributed by atoms with Gasteiger partial charge in [-0.2, -0.15) is 0 Å². The van der Waals surface area contributed by atoms with Crippen LogP contribution in [-0.4, -0.2) is 14.3 Å². The summed E-state index contributed by atoms with van der Waals surface area (Å²) in [5.41, 5.74) is 3.13. The van der Waals surface area contributed by atoms with Crippen molar-refractivity contribution in [1.29, 1.82) is 0 Å². The van der Waals surface area contributed by atoms with Crippen LogP contribution in [0.1, 0.15) is 34.6 Å². The molecule has 0 atom stereocenters. The van der Waals surface area contributed by atoms with Gasteiger partial charge in [-0.15, -0.1) is 0 Å². The van der Waals surface area contributed by atoms with Crippen molar-refractivity contribution in [3.63, 3.8) is 0 Å². The molecule has 1 radical (unpaired) electrons. The Hall–Kier alpha value is -0.173. The summed E-state index contributed by atoms with van der Waals surface area (Å²) in [6.07, 6.45) is 0. The number of rotatable bonds is 0. The van der Waals surface area contributed by atoms with Gasteiger partial charge in [0.25, 0.3) is 0 Å². The zero-order valence-electron chi connectivity index (χ0n) is 7.50. The Balaban J connectivity index is 3.12. The predicted molar refractivity (Wildman–Crippen MR) is 48.9 cm³/mol. The Morgan fingerprint density at radius 3 is 1.70 bits per heavy atom. The van der Waals surface area contributed by atoms with E-state index in [2.05, 4.69) is 34.6 Å². The quantitative estimate of drug-likeness (QED) is 0.466. The number of hydrogen-bond donors (Lipinski definition) is 0. The molecule has 1 aliphatic rings. The van der Waals surface area contributed by atoms with Gasteiger partial charge in [0.1, 0.15) is 0 Å². The van der Waals surface area contributed by atoms with E-state index < -0.39 is 0 Å². The molecule has 1 aliphatic heterocycles. The van der Waals surface area contributed by atoms with Crippen molar-refractivity contribution in [3.05, 3.63) is 11.1 Å². The van der Waals surface area contributed by atoms with Gasteiger partial charge in [-0.05, 0) is 25.8 Å². The van der Waals surface area contributed by atoms with Crippen LogP contribution in [0.4, 0.5) is 0 Å². The Morgan fingerprint density at radius 1 is 1.10 bits per heavy atom. The SMILES string of the molecule is CC1=[Si]C(C)(C)C(C)=C1C. The lowest BCUT2D eigenvalue weighted by atomic mass is 9.98. The van der Waals surface area contributed by atoms with Crippen LogP contribution in [0, 0.1) is 0 Å². The van der Waals surface area contributed by atoms with Gasteiger partial charge in [0, 0.05) is 9.13 Å². The van der Waals surface area contributed by atoms with E-state index in [4.69, 9.17) is 0 Å². The highest BCUT2D eigenvalue weighted by Gasteiger charge is 2.25. The minimum absolute atomic E-state index is 0.466. The molecular weight excluding hydrogens is 136 g/mol. The lowest BCUT2D eigenvalue weighted by molar-refractivity contribution is 0.795. The van der Waals surface area contributed by atoms with Gasteiger partial charge >= 0.3 is 0 Å². The van der Waals surface area contributed by atoms with E-state index in [0.717, 1.165) is 9.13 Å². The molecule has 1 rings (SSSR count). The molecule has 10 heavy (non-hydrogen) atoms. The summed E-state index contributed by atoms with van der Waals surface area (Å²) < 4.78 is 0. The lowest BCUT2D eigenvalue weighted by Crippen LogP contribution is -2.05. The van der Waals surface area contributed by atoms with E-state index in [9.17, 15) is 0 Å². The molecule has 0 aromatic heterocycles. The van der Waals surface area contributed by atoms with E-state index >= 15 is 0 Å². The van der Waals surface area contributed by atoms with Gasteiger partial charge in [0.15, 0.2) is 0 Å². The average Bonchev–Trinajstić information content (AvgIpc) is 1.95. The average molecular weight is 151 g/mol. The van der Waals surface area contributed by atoms with Crippen LogP contribution in [0.3, 0.4) is 0 Å². The Kier molecular flexibility index (Phi) is 1.71. The fourth-order valence-electron chi connectivity index (χ4n) is 1.41. The summed E-state index contributed by atoms with van der Waals surface area (Å²) >= 11 is 0. The van der Waals surface area contributed by atoms with E-state index in [1.54, 1.807) is 16.3 Å². The van der Waals surface area contributed by atoms with Gasteiger partial charge in [-0.1, -0.05) is 30.2 Å². The van der Waals surface area contributed by atoms with Crippen LogP contribution < -0.4 is 0 Å². The number of hydrogen-bond acceptors (Lipinski definition) is 0. The molecule has 0 N–H and O–H groups in total. The predicted octanol–water partition coefficient (Wildman–Crippen LogP) is 2.43. The summed E-state index contributed by atoms with van der Waals surface area (Å²) in [6.45, 7) is 11.4. The highest BCUT2D eigenvalue weighted by molar-refractivity contribution is 6.63. The van der Waals surface area contributed by atoms with Gasteiger partial charge in [-0.3, -0.25) is 0 Å². The fourth-order valence-corrected chi connectivity index (χ4v) is 3.09. The first-order chi connectivity index (χ1) is 4.45. The van der Waals surface area contributed by atoms with E-state index in [1.165, 1.54) is 0 Å². The molecule has 0 amide bonds. The maximum absolute atomic E-state index is 2.33. The third-order valence-electron chi connectivity index (χ3n) is 2.56. The molecular formula is C9H15Si. The van der Waals surface area contributed by atoms with Crippen LogP contribution in [0.2, 0.25) is 5.04 Å². The minimum atomic E-state index is 0.466. The van der Waals surface area contributed by atoms with Crippen molar-refractivity contribution >= 4 is 14.3 Å². The van der Waals surface area contributed by atoms with Gasteiger partial charge < -0.3 is 0 Å². The first-order valence-electron chi connectivity index (χ1n) is 3.75. The van der Waals surface area contributed by atoms with Crippen molar-refractivity contribution in [1.82, 2.24) is 0 Å². The summed E-state index contributed by atoms with van der Waals surface area (Å²) in [7, 11) is 1.01. The van der Waals surface area contributed by atoms with Crippen molar-refractivity contribution < 1.29 is 0 Å². The van der Waals surface area contributed by atoms with Crippen LogP contribution in [0.25, 0.3) is 0 Å². The van der Waals surface area contributed by atoms with Gasteiger partial charge in [0.05, 0.1) is 0 Å². The van der Waals surface area contributed by atoms with Gasteiger partial charge in [0.2, 0.25) is 0 Å². The molecule has 0 aromatic rings. The van der Waals surface area contributed by atoms with E-state index in [0.29, 0.717) is 5.04 Å². The molecule has 0 saturated heterocycles. The number of allylic oxidation sites excluding steroid dienone is 2. The standard InChI is InChI=1S/C9H15Si/c1-6-7(2)9(4,5)10-8(6)3/h1-5H3. The van der Waals surface area contributed by atoms with Crippen molar-refractivity contribution in [2.45, 2.75) is 39.7 Å². The third kappa shape index (κ3) is 1.03. The second-order valence-electron chi connectivity index (χ2n) is 3.62. The molecule has 1 heteroatoms. The molecule has 0 saturated carbocycles. The third-order valence-corrected chi connectivity index (χ3v) is 4.31. The highest BCUT2D eigenvalue weighted by Crippen LogP contribution is 2.37. The Bertz CT molecular complexity index is 219. The van der Waals surface area contributed by atoms with Gasteiger partial charge in [-0.25, -0.2) is 0 Å². The molecule has 0 fully saturated rings. The monoisotopic (exact) mass is 151 g/mol. The maximum Gasteiger partial charge on any atom is 0.0347 e. The lowest BCUT2D eigenvalue weighted by Gasteiger charge is -2.16. The topological polar surface area (TPSA) is 0 Å². The first kappa shape index (κ1) is 7.93. The second kappa shape index (κ2) is 2.16. The van der Waals surface area contributed by atoms with Crippen molar-refractivity contribution in [2.24, 2.45) is 0 Å². The molecule has 1 heterocycles. The summed E-state index contributed by atoms with van der Waals surface area (Å²) in [6, 6.07) is 0. The summed E-state index contributed by atoms with van der Waals surface area (Å²) in [5.74, 6) is 0. The molecule has 0 nitrogen and oxygen atoms in total. The van der Waals surface area contributed by atoms with Crippen molar-refractivity contribution in [2.75, 3.05) is 0 Å². The maximum atomic E-state index is 2.33. The molecule has 0 bridgehead atoms. The fraction of sp³-hybridized carbons (Fsp3) is 0.667. The molecule has 0 aliphatic carbocycles. The van der Waals surface area contributed by atoms with Crippen molar-refractivity contribution in [3.8, 4) is 0 Å². The zero-order chi connectivity index (χ0) is 7.94. The largest absolute Gasteiger partial charge is 0.0670 e. The second-order valence-corrected chi connectivity index (χ2v) is 5.88. The molecule has 0 spiro atoms. The van der Waals surface area contributed by atoms with E-state index in [1.807, 2.05) is 0 Å². The van der Waals surface area contributed by atoms with Crippen LogP contribution in [0.15, 0.2) is 11.1 Å². The van der Waals surface area contributed by atoms with Crippen LogP contribution in [0.5, 0.6) is 0 Å².